The fraction of sp³-hybridized carbons (Fsp3) is 0.391. The van der Waals surface area contributed by atoms with Crippen LogP contribution in [-0.4, -0.2) is 54.8 Å². The molecule has 1 aromatic carbocycles. The van der Waals surface area contributed by atoms with E-state index >= 15 is 0 Å². The minimum atomic E-state index is -0.265. The summed E-state index contributed by atoms with van der Waals surface area (Å²) in [4.78, 5) is 20.3. The SMILES string of the molecule is CC(C)CN1CCC(n2cc3cc(NC(=O)c4cnn5cccnc45)c(S)cc3n2)CC1. The van der Waals surface area contributed by atoms with Crippen molar-refractivity contribution in [2.45, 2.75) is 37.6 Å². The number of rotatable bonds is 5. The Labute approximate surface area is 192 Å². The molecule has 32 heavy (non-hydrogen) atoms. The molecule has 1 fully saturated rings. The largest absolute Gasteiger partial charge is 0.321 e. The minimum Gasteiger partial charge on any atom is -0.321 e. The minimum absolute atomic E-state index is 0.265. The van der Waals surface area contributed by atoms with Crippen molar-refractivity contribution in [1.29, 1.82) is 0 Å². The molecule has 0 bridgehead atoms. The average molecular weight is 450 g/mol. The highest BCUT2D eigenvalue weighted by Crippen LogP contribution is 2.30. The van der Waals surface area contributed by atoms with Gasteiger partial charge >= 0.3 is 0 Å². The van der Waals surface area contributed by atoms with Crippen LogP contribution in [0.15, 0.2) is 47.9 Å². The zero-order valence-electron chi connectivity index (χ0n) is 18.3. The maximum absolute atomic E-state index is 12.9. The predicted molar refractivity (Wildman–Crippen MR) is 127 cm³/mol. The molecule has 5 rings (SSSR count). The summed E-state index contributed by atoms with van der Waals surface area (Å²) in [5, 5.41) is 12.9. The van der Waals surface area contributed by atoms with Crippen molar-refractivity contribution in [2.24, 2.45) is 5.92 Å². The van der Waals surface area contributed by atoms with Gasteiger partial charge in [-0.25, -0.2) is 9.50 Å². The molecule has 1 saturated heterocycles. The van der Waals surface area contributed by atoms with E-state index in [4.69, 9.17) is 5.10 Å². The molecule has 1 amide bonds. The Balaban J connectivity index is 1.34. The Morgan fingerprint density at radius 1 is 1.28 bits per heavy atom. The Bertz CT molecular complexity index is 1270. The van der Waals surface area contributed by atoms with Crippen LogP contribution in [0.5, 0.6) is 0 Å². The van der Waals surface area contributed by atoms with Gasteiger partial charge in [0.05, 0.1) is 23.4 Å². The molecule has 1 aliphatic rings. The number of carbonyl (C=O) groups is 1. The Morgan fingerprint density at radius 2 is 2.09 bits per heavy atom. The highest BCUT2D eigenvalue weighted by molar-refractivity contribution is 7.80. The molecule has 166 valence electrons. The lowest BCUT2D eigenvalue weighted by molar-refractivity contribution is 0.102. The van der Waals surface area contributed by atoms with Crippen LogP contribution in [0.1, 0.15) is 43.1 Å². The zero-order valence-corrected chi connectivity index (χ0v) is 19.2. The van der Waals surface area contributed by atoms with Crippen molar-refractivity contribution in [3.8, 4) is 0 Å². The molecule has 4 heterocycles. The Kier molecular flexibility index (Phi) is 5.60. The summed E-state index contributed by atoms with van der Waals surface area (Å²) >= 11 is 4.59. The van der Waals surface area contributed by atoms with Crippen LogP contribution in [0.2, 0.25) is 0 Å². The molecule has 8 nitrogen and oxygen atoms in total. The van der Waals surface area contributed by atoms with Crippen LogP contribution >= 0.6 is 12.6 Å². The molecular weight excluding hydrogens is 422 g/mol. The molecule has 0 radical (unpaired) electrons. The molecule has 3 aromatic heterocycles. The van der Waals surface area contributed by atoms with Crippen molar-refractivity contribution in [3.05, 3.63) is 48.5 Å². The molecule has 0 spiro atoms. The Hall–Kier alpha value is -2.91. The second kappa shape index (κ2) is 8.55. The number of hydrogen-bond acceptors (Lipinski definition) is 6. The lowest BCUT2D eigenvalue weighted by atomic mass is 10.0. The highest BCUT2D eigenvalue weighted by atomic mass is 32.1. The Morgan fingerprint density at radius 3 is 2.88 bits per heavy atom. The molecule has 1 aliphatic heterocycles. The third kappa shape index (κ3) is 4.10. The van der Waals surface area contributed by atoms with Gasteiger partial charge in [-0.3, -0.25) is 9.48 Å². The second-order valence-corrected chi connectivity index (χ2v) is 9.34. The molecule has 4 aromatic rings. The van der Waals surface area contributed by atoms with Gasteiger partial charge in [0.1, 0.15) is 5.56 Å². The molecule has 0 unspecified atom stereocenters. The fourth-order valence-corrected chi connectivity index (χ4v) is 4.67. The van der Waals surface area contributed by atoms with Gasteiger partial charge in [0.25, 0.3) is 5.91 Å². The van der Waals surface area contributed by atoms with E-state index in [1.165, 1.54) is 6.20 Å². The van der Waals surface area contributed by atoms with Crippen molar-refractivity contribution < 1.29 is 4.79 Å². The number of anilines is 1. The average Bonchev–Trinajstić information content (AvgIpc) is 3.38. The van der Waals surface area contributed by atoms with Gasteiger partial charge in [-0.05, 0) is 37.0 Å². The van der Waals surface area contributed by atoms with Crippen LogP contribution in [0.3, 0.4) is 0 Å². The topological polar surface area (TPSA) is 80.3 Å². The smallest absolute Gasteiger partial charge is 0.261 e. The molecule has 0 aliphatic carbocycles. The number of hydrogen-bond donors (Lipinski definition) is 2. The van der Waals surface area contributed by atoms with Crippen LogP contribution in [0.25, 0.3) is 16.6 Å². The number of benzene rings is 1. The quantitative estimate of drug-likeness (QED) is 0.452. The van der Waals surface area contributed by atoms with Crippen LogP contribution in [0, 0.1) is 5.92 Å². The first-order valence-electron chi connectivity index (χ1n) is 11.0. The maximum Gasteiger partial charge on any atom is 0.261 e. The maximum atomic E-state index is 12.9. The van der Waals surface area contributed by atoms with E-state index in [1.807, 2.05) is 12.1 Å². The fourth-order valence-electron chi connectivity index (χ4n) is 4.43. The van der Waals surface area contributed by atoms with Gasteiger partial charge in [-0.15, -0.1) is 12.6 Å². The van der Waals surface area contributed by atoms with Gasteiger partial charge < -0.3 is 10.2 Å². The summed E-state index contributed by atoms with van der Waals surface area (Å²) in [5.41, 5.74) is 2.47. The first kappa shape index (κ1) is 21.0. The van der Waals surface area contributed by atoms with Crippen molar-refractivity contribution >= 4 is 40.8 Å². The standard InChI is InChI=1S/C23H27N7OS/c1-15(2)13-28-8-4-17(5-9-28)30-14-16-10-20(21(32)11-19(16)27-30)26-23(31)18-12-25-29-7-3-6-24-22(18)29/h3,6-7,10-12,14-15,17,32H,4-5,8-9,13H2,1-2H3,(H,26,31). The van der Waals surface area contributed by atoms with Crippen molar-refractivity contribution in [1.82, 2.24) is 29.3 Å². The van der Waals surface area contributed by atoms with E-state index in [9.17, 15) is 4.79 Å². The van der Waals surface area contributed by atoms with E-state index in [1.54, 1.807) is 23.0 Å². The van der Waals surface area contributed by atoms with Crippen molar-refractivity contribution in [2.75, 3.05) is 25.0 Å². The van der Waals surface area contributed by atoms with Gasteiger partial charge in [-0.1, -0.05) is 13.8 Å². The predicted octanol–water partition coefficient (Wildman–Crippen LogP) is 3.91. The summed E-state index contributed by atoms with van der Waals surface area (Å²) < 4.78 is 3.67. The summed E-state index contributed by atoms with van der Waals surface area (Å²) in [7, 11) is 0. The summed E-state index contributed by atoms with van der Waals surface area (Å²) in [6, 6.07) is 6.02. The lowest BCUT2D eigenvalue weighted by Crippen LogP contribution is -2.36. The number of nitrogens with zero attached hydrogens (tertiary/aromatic N) is 6. The van der Waals surface area contributed by atoms with E-state index in [0.29, 0.717) is 33.8 Å². The molecular formula is C23H27N7OS. The number of fused-ring (bicyclic) bond motifs is 2. The normalized spacial score (nSPS) is 15.8. The number of amides is 1. The number of likely N-dealkylation sites (tertiary alicyclic amines) is 1. The second-order valence-electron chi connectivity index (χ2n) is 8.86. The van der Waals surface area contributed by atoms with E-state index in [0.717, 1.165) is 43.4 Å². The third-order valence-corrected chi connectivity index (χ3v) is 6.34. The number of aromatic nitrogens is 5. The summed E-state index contributed by atoms with van der Waals surface area (Å²) in [6.45, 7) is 7.90. The highest BCUT2D eigenvalue weighted by Gasteiger charge is 2.22. The van der Waals surface area contributed by atoms with Gasteiger partial charge in [0, 0.05) is 48.5 Å². The summed E-state index contributed by atoms with van der Waals surface area (Å²) in [6.07, 6.45) is 9.21. The molecule has 9 heteroatoms. The van der Waals surface area contributed by atoms with Gasteiger partial charge in [0.2, 0.25) is 0 Å². The van der Waals surface area contributed by atoms with E-state index in [2.05, 4.69) is 57.7 Å². The monoisotopic (exact) mass is 449 g/mol. The number of thiol groups is 1. The van der Waals surface area contributed by atoms with Crippen LogP contribution < -0.4 is 5.32 Å². The molecule has 0 saturated carbocycles. The number of carbonyl (C=O) groups excluding carboxylic acids is 1. The van der Waals surface area contributed by atoms with Gasteiger partial charge in [0.15, 0.2) is 5.65 Å². The molecule has 0 atom stereocenters. The van der Waals surface area contributed by atoms with Gasteiger partial charge in [-0.2, -0.15) is 10.2 Å². The first-order valence-corrected chi connectivity index (χ1v) is 11.5. The lowest BCUT2D eigenvalue weighted by Gasteiger charge is -2.33. The van der Waals surface area contributed by atoms with E-state index < -0.39 is 0 Å². The third-order valence-electron chi connectivity index (χ3n) is 5.97. The zero-order chi connectivity index (χ0) is 22.2. The summed E-state index contributed by atoms with van der Waals surface area (Å²) in [5.74, 6) is 0.427. The van der Waals surface area contributed by atoms with Crippen molar-refractivity contribution in [3.63, 3.8) is 0 Å². The molecule has 1 N–H and O–H groups in total. The first-order chi connectivity index (χ1) is 15.5. The number of nitrogens with one attached hydrogen (secondary N) is 1. The number of piperidine rings is 1. The van der Waals surface area contributed by atoms with Crippen LogP contribution in [0.4, 0.5) is 5.69 Å². The van der Waals surface area contributed by atoms with Crippen LogP contribution in [-0.2, 0) is 0 Å². The van der Waals surface area contributed by atoms with E-state index in [-0.39, 0.29) is 5.91 Å².